The lowest BCUT2D eigenvalue weighted by molar-refractivity contribution is 0.949. The molecule has 5 heteroatoms. The first-order valence-electron chi connectivity index (χ1n) is 6.85. The Bertz CT molecular complexity index is 554. The minimum atomic E-state index is 0.722. The van der Waals surface area contributed by atoms with Crippen molar-refractivity contribution in [1.82, 2.24) is 9.97 Å². The van der Waals surface area contributed by atoms with Crippen molar-refractivity contribution in [2.75, 3.05) is 17.2 Å². The van der Waals surface area contributed by atoms with Crippen LogP contribution < -0.4 is 10.6 Å². The third-order valence-electron chi connectivity index (χ3n) is 2.95. The highest BCUT2D eigenvalue weighted by Gasteiger charge is 2.09. The summed E-state index contributed by atoms with van der Waals surface area (Å²) in [6, 6.07) is 7.58. The molecule has 2 aromatic rings. The number of nitrogens with one attached hydrogen (secondary N) is 2. The molecule has 0 radical (unpaired) electrons. The topological polar surface area (TPSA) is 49.8 Å². The molecule has 1 heterocycles. The van der Waals surface area contributed by atoms with E-state index in [1.807, 2.05) is 24.3 Å². The van der Waals surface area contributed by atoms with E-state index in [2.05, 4.69) is 34.4 Å². The Labute approximate surface area is 124 Å². The van der Waals surface area contributed by atoms with Crippen molar-refractivity contribution in [3.63, 3.8) is 0 Å². The summed E-state index contributed by atoms with van der Waals surface area (Å²) in [5, 5.41) is 7.38. The van der Waals surface area contributed by atoms with Crippen LogP contribution in [-0.2, 0) is 6.42 Å². The molecule has 0 aliphatic rings. The van der Waals surface area contributed by atoms with Crippen LogP contribution in [0.4, 0.5) is 17.3 Å². The molecule has 0 aliphatic carbocycles. The van der Waals surface area contributed by atoms with E-state index in [1.54, 1.807) is 6.33 Å². The molecule has 0 spiro atoms. The van der Waals surface area contributed by atoms with Gasteiger partial charge in [0.05, 0.1) is 0 Å². The van der Waals surface area contributed by atoms with Crippen molar-refractivity contribution >= 4 is 28.9 Å². The van der Waals surface area contributed by atoms with Crippen LogP contribution in [0.25, 0.3) is 0 Å². The van der Waals surface area contributed by atoms with Gasteiger partial charge in [0.15, 0.2) is 0 Å². The summed E-state index contributed by atoms with van der Waals surface area (Å²) < 4.78 is 0. The maximum atomic E-state index is 5.89. The molecule has 0 saturated heterocycles. The number of nitrogens with zero attached hydrogens (tertiary/aromatic N) is 2. The zero-order chi connectivity index (χ0) is 14.4. The average Bonchev–Trinajstić information content (AvgIpc) is 2.47. The highest BCUT2D eigenvalue weighted by Crippen LogP contribution is 2.24. The van der Waals surface area contributed by atoms with Gasteiger partial charge in [-0.1, -0.05) is 25.4 Å². The van der Waals surface area contributed by atoms with Crippen LogP contribution in [0, 0.1) is 0 Å². The summed E-state index contributed by atoms with van der Waals surface area (Å²) in [7, 11) is 0. The highest BCUT2D eigenvalue weighted by atomic mass is 35.5. The van der Waals surface area contributed by atoms with Gasteiger partial charge < -0.3 is 10.6 Å². The number of hydrogen-bond acceptors (Lipinski definition) is 4. The molecule has 2 rings (SSSR count). The average molecular weight is 291 g/mol. The molecule has 1 aromatic carbocycles. The van der Waals surface area contributed by atoms with Gasteiger partial charge in [0.1, 0.15) is 18.0 Å². The van der Waals surface area contributed by atoms with Crippen molar-refractivity contribution in [3.05, 3.63) is 41.2 Å². The second-order valence-electron chi connectivity index (χ2n) is 4.46. The van der Waals surface area contributed by atoms with Gasteiger partial charge in [-0.2, -0.15) is 0 Å². The van der Waals surface area contributed by atoms with Crippen LogP contribution in [0.1, 0.15) is 25.8 Å². The molecule has 20 heavy (non-hydrogen) atoms. The molecular weight excluding hydrogens is 272 g/mol. The second-order valence-corrected chi connectivity index (χ2v) is 4.90. The normalized spacial score (nSPS) is 10.3. The van der Waals surface area contributed by atoms with Crippen LogP contribution in [0.15, 0.2) is 30.6 Å². The van der Waals surface area contributed by atoms with E-state index >= 15 is 0 Å². The van der Waals surface area contributed by atoms with Crippen molar-refractivity contribution < 1.29 is 0 Å². The summed E-state index contributed by atoms with van der Waals surface area (Å²) in [6.07, 6.45) is 3.51. The molecule has 0 bridgehead atoms. The fraction of sp³-hybridized carbons (Fsp3) is 0.333. The number of benzene rings is 1. The molecular formula is C15H19ClN4. The van der Waals surface area contributed by atoms with Crippen molar-refractivity contribution in [2.45, 2.75) is 26.7 Å². The van der Waals surface area contributed by atoms with Crippen molar-refractivity contribution in [2.24, 2.45) is 0 Å². The molecule has 0 atom stereocenters. The number of anilines is 3. The van der Waals surface area contributed by atoms with Gasteiger partial charge in [0.2, 0.25) is 0 Å². The summed E-state index contributed by atoms with van der Waals surface area (Å²) >= 11 is 5.89. The van der Waals surface area contributed by atoms with Gasteiger partial charge in [-0.15, -0.1) is 0 Å². The van der Waals surface area contributed by atoms with Crippen LogP contribution in [0.5, 0.6) is 0 Å². The van der Waals surface area contributed by atoms with Gasteiger partial charge in [-0.05, 0) is 37.1 Å². The highest BCUT2D eigenvalue weighted by molar-refractivity contribution is 6.30. The van der Waals surface area contributed by atoms with Crippen molar-refractivity contribution in [3.8, 4) is 0 Å². The van der Waals surface area contributed by atoms with Crippen LogP contribution in [0.2, 0.25) is 5.02 Å². The van der Waals surface area contributed by atoms with Crippen molar-refractivity contribution in [1.29, 1.82) is 0 Å². The number of hydrogen-bond donors (Lipinski definition) is 2. The fourth-order valence-corrected chi connectivity index (χ4v) is 2.05. The quantitative estimate of drug-likeness (QED) is 0.835. The Morgan fingerprint density at radius 2 is 1.75 bits per heavy atom. The Hall–Kier alpha value is -1.81. The number of rotatable bonds is 6. The molecule has 0 fully saturated rings. The summed E-state index contributed by atoms with van der Waals surface area (Å²) in [4.78, 5) is 8.66. The Morgan fingerprint density at radius 3 is 2.40 bits per heavy atom. The first-order chi connectivity index (χ1) is 9.74. The molecule has 1 aromatic heterocycles. The molecule has 0 unspecified atom stereocenters. The minimum Gasteiger partial charge on any atom is -0.370 e. The minimum absolute atomic E-state index is 0.722. The lowest BCUT2D eigenvalue weighted by atomic mass is 10.2. The molecule has 106 valence electrons. The maximum absolute atomic E-state index is 5.89. The molecule has 0 amide bonds. The third-order valence-corrected chi connectivity index (χ3v) is 3.20. The zero-order valence-electron chi connectivity index (χ0n) is 11.8. The first kappa shape index (κ1) is 14.6. The summed E-state index contributed by atoms with van der Waals surface area (Å²) in [5.41, 5.74) is 2.06. The Morgan fingerprint density at radius 1 is 1.05 bits per heavy atom. The van der Waals surface area contributed by atoms with Crippen LogP contribution >= 0.6 is 11.6 Å². The number of halogens is 1. The van der Waals surface area contributed by atoms with Crippen LogP contribution in [-0.4, -0.2) is 16.5 Å². The van der Waals surface area contributed by atoms with Gasteiger partial charge in [0, 0.05) is 22.8 Å². The zero-order valence-corrected chi connectivity index (χ0v) is 12.5. The first-order valence-corrected chi connectivity index (χ1v) is 7.22. The SMILES string of the molecule is CCCNc1ncnc(Nc2ccc(Cl)cc2)c1CC. The van der Waals surface area contributed by atoms with E-state index in [4.69, 9.17) is 11.6 Å². The van der Waals surface area contributed by atoms with E-state index in [0.29, 0.717) is 0 Å². The van der Waals surface area contributed by atoms with Gasteiger partial charge in [-0.3, -0.25) is 0 Å². The molecule has 0 saturated carbocycles. The summed E-state index contributed by atoms with van der Waals surface area (Å²) in [5.74, 6) is 1.74. The van der Waals surface area contributed by atoms with Crippen LogP contribution in [0.3, 0.4) is 0 Å². The maximum Gasteiger partial charge on any atom is 0.139 e. The van der Waals surface area contributed by atoms with E-state index in [0.717, 1.165) is 47.3 Å². The largest absolute Gasteiger partial charge is 0.370 e. The van der Waals surface area contributed by atoms with E-state index in [-0.39, 0.29) is 0 Å². The lowest BCUT2D eigenvalue weighted by Crippen LogP contribution is -2.08. The Balaban J connectivity index is 2.24. The smallest absolute Gasteiger partial charge is 0.139 e. The van der Waals surface area contributed by atoms with Gasteiger partial charge in [-0.25, -0.2) is 9.97 Å². The predicted molar refractivity (Wildman–Crippen MR) is 84.9 cm³/mol. The monoisotopic (exact) mass is 290 g/mol. The van der Waals surface area contributed by atoms with E-state index in [9.17, 15) is 0 Å². The third kappa shape index (κ3) is 3.61. The van der Waals surface area contributed by atoms with E-state index in [1.165, 1.54) is 0 Å². The van der Waals surface area contributed by atoms with Gasteiger partial charge >= 0.3 is 0 Å². The standard InChI is InChI=1S/C15H19ClN4/c1-3-9-17-14-13(4-2)15(19-10-18-14)20-12-7-5-11(16)6-8-12/h5-8,10H,3-4,9H2,1-2H3,(H2,17,18,19,20). The molecule has 0 aliphatic heterocycles. The predicted octanol–water partition coefficient (Wildman–Crippen LogP) is 4.26. The molecule has 2 N–H and O–H groups in total. The lowest BCUT2D eigenvalue weighted by Gasteiger charge is -2.14. The fourth-order valence-electron chi connectivity index (χ4n) is 1.92. The summed E-state index contributed by atoms with van der Waals surface area (Å²) in [6.45, 7) is 5.14. The molecule has 4 nitrogen and oxygen atoms in total. The van der Waals surface area contributed by atoms with Gasteiger partial charge in [0.25, 0.3) is 0 Å². The Kier molecular flexibility index (Phi) is 5.18. The van der Waals surface area contributed by atoms with E-state index < -0.39 is 0 Å². The second kappa shape index (κ2) is 7.10. The number of aromatic nitrogens is 2.